The monoisotopic (exact) mass is 178 g/mol. The molecule has 1 aliphatic rings. The Hall–Kier alpha value is -0.690. The summed E-state index contributed by atoms with van der Waals surface area (Å²) in [6, 6.07) is 0. The minimum atomic E-state index is -1.55. The smallest absolute Gasteiger partial charge is 0.335 e. The molecule has 0 spiro atoms. The van der Waals surface area contributed by atoms with Gasteiger partial charge in [-0.1, -0.05) is 0 Å². The zero-order valence-electron chi connectivity index (χ0n) is 6.12. The van der Waals surface area contributed by atoms with Crippen molar-refractivity contribution in [1.29, 1.82) is 0 Å². The van der Waals surface area contributed by atoms with Gasteiger partial charge >= 0.3 is 5.97 Å². The zero-order chi connectivity index (χ0) is 9.30. The Morgan fingerprint density at radius 2 is 1.92 bits per heavy atom. The second-order valence-corrected chi connectivity index (χ2v) is 2.64. The molecule has 0 radical (unpaired) electrons. The van der Waals surface area contributed by atoms with Crippen molar-refractivity contribution in [2.45, 2.75) is 31.0 Å². The van der Waals surface area contributed by atoms with E-state index in [1.54, 1.807) is 0 Å². The van der Waals surface area contributed by atoms with E-state index in [2.05, 4.69) is 4.74 Å². The molecule has 0 bridgehead atoms. The number of hydrogen-bond acceptors (Lipinski definition) is 5. The van der Waals surface area contributed by atoms with E-state index in [0.29, 0.717) is 0 Å². The largest absolute Gasteiger partial charge is 0.479 e. The summed E-state index contributed by atoms with van der Waals surface area (Å²) >= 11 is 0. The molecule has 6 nitrogen and oxygen atoms in total. The number of carbonyl (C=O) groups is 1. The molecular weight excluding hydrogens is 168 g/mol. The van der Waals surface area contributed by atoms with Crippen LogP contribution in [0.5, 0.6) is 0 Å². The molecule has 1 fully saturated rings. The van der Waals surface area contributed by atoms with E-state index in [-0.39, 0.29) is 6.42 Å². The molecule has 4 atom stereocenters. The van der Waals surface area contributed by atoms with Crippen LogP contribution in [0.1, 0.15) is 6.42 Å². The molecule has 0 aliphatic carbocycles. The van der Waals surface area contributed by atoms with Gasteiger partial charge < -0.3 is 25.2 Å². The lowest BCUT2D eigenvalue weighted by Gasteiger charge is -2.32. The first-order chi connectivity index (χ1) is 5.52. The van der Waals surface area contributed by atoms with Gasteiger partial charge in [0, 0.05) is 6.42 Å². The van der Waals surface area contributed by atoms with Crippen LogP contribution in [-0.4, -0.2) is 51.0 Å². The highest BCUT2D eigenvalue weighted by atomic mass is 16.6. The molecule has 0 aromatic carbocycles. The molecule has 0 amide bonds. The van der Waals surface area contributed by atoms with Crippen LogP contribution in [0.2, 0.25) is 0 Å². The normalized spacial score (nSPS) is 42.6. The summed E-state index contributed by atoms with van der Waals surface area (Å²) in [5.74, 6) is -1.40. The van der Waals surface area contributed by atoms with Crippen LogP contribution in [-0.2, 0) is 9.53 Å². The predicted octanol–water partition coefficient (Wildman–Crippen LogP) is -2.10. The van der Waals surface area contributed by atoms with E-state index < -0.39 is 30.6 Å². The summed E-state index contributed by atoms with van der Waals surface area (Å²) in [6.45, 7) is 0. The summed E-state index contributed by atoms with van der Waals surface area (Å²) in [7, 11) is 0. The Labute approximate surface area is 68.0 Å². The fourth-order valence-corrected chi connectivity index (χ4v) is 1.06. The Bertz CT molecular complexity index is 181. The lowest BCUT2D eigenvalue weighted by atomic mass is 10.0. The highest BCUT2D eigenvalue weighted by molar-refractivity contribution is 5.73. The first kappa shape index (κ1) is 9.40. The van der Waals surface area contributed by atoms with Crippen molar-refractivity contribution in [3.8, 4) is 0 Å². The van der Waals surface area contributed by atoms with E-state index in [1.807, 2.05) is 0 Å². The summed E-state index contributed by atoms with van der Waals surface area (Å²) < 4.78 is 4.48. The highest BCUT2D eigenvalue weighted by Gasteiger charge is 2.40. The summed E-state index contributed by atoms with van der Waals surface area (Å²) in [6.07, 6.45) is -5.79. The Morgan fingerprint density at radius 3 is 2.42 bits per heavy atom. The van der Waals surface area contributed by atoms with Crippen molar-refractivity contribution >= 4 is 5.97 Å². The van der Waals surface area contributed by atoms with E-state index >= 15 is 0 Å². The summed E-state index contributed by atoms with van der Waals surface area (Å²) in [4.78, 5) is 10.3. The van der Waals surface area contributed by atoms with Gasteiger partial charge in [-0.2, -0.15) is 0 Å². The van der Waals surface area contributed by atoms with Crippen molar-refractivity contribution < 1.29 is 30.0 Å². The van der Waals surface area contributed by atoms with Crippen LogP contribution in [0.4, 0.5) is 0 Å². The number of carboxylic acid groups (broad SMARTS) is 1. The fourth-order valence-electron chi connectivity index (χ4n) is 1.06. The molecule has 0 aromatic rings. The quantitative estimate of drug-likeness (QED) is 0.366. The van der Waals surface area contributed by atoms with Crippen LogP contribution in [0.3, 0.4) is 0 Å². The number of carboxylic acids is 1. The molecule has 1 saturated heterocycles. The molecule has 4 unspecified atom stereocenters. The maximum Gasteiger partial charge on any atom is 0.335 e. The van der Waals surface area contributed by atoms with Gasteiger partial charge in [0.05, 0.1) is 6.10 Å². The average molecular weight is 178 g/mol. The van der Waals surface area contributed by atoms with Gasteiger partial charge in [0.25, 0.3) is 0 Å². The average Bonchev–Trinajstić information content (AvgIpc) is 1.96. The van der Waals surface area contributed by atoms with E-state index in [1.165, 1.54) is 0 Å². The number of aliphatic hydroxyl groups is 3. The van der Waals surface area contributed by atoms with Gasteiger partial charge in [0.15, 0.2) is 12.4 Å². The van der Waals surface area contributed by atoms with E-state index in [4.69, 9.17) is 20.4 Å². The maximum atomic E-state index is 10.3. The van der Waals surface area contributed by atoms with Crippen molar-refractivity contribution in [3.63, 3.8) is 0 Å². The van der Waals surface area contributed by atoms with Gasteiger partial charge in [0.1, 0.15) is 6.10 Å². The summed E-state index contributed by atoms with van der Waals surface area (Å²) in [5.41, 5.74) is 0. The summed E-state index contributed by atoms with van der Waals surface area (Å²) in [5, 5.41) is 35.4. The SMILES string of the molecule is O=C(O)C1OC(O)CC(O)C1O. The van der Waals surface area contributed by atoms with E-state index in [9.17, 15) is 4.79 Å². The van der Waals surface area contributed by atoms with Gasteiger partial charge in [-0.15, -0.1) is 0 Å². The second-order valence-electron chi connectivity index (χ2n) is 2.64. The highest BCUT2D eigenvalue weighted by Crippen LogP contribution is 2.18. The number of aliphatic carboxylic acids is 1. The van der Waals surface area contributed by atoms with Crippen LogP contribution < -0.4 is 0 Å². The van der Waals surface area contributed by atoms with Gasteiger partial charge in [-0.25, -0.2) is 4.79 Å². The third-order valence-electron chi connectivity index (χ3n) is 1.69. The van der Waals surface area contributed by atoms with Gasteiger partial charge in [0.2, 0.25) is 0 Å². The number of hydrogen-bond donors (Lipinski definition) is 4. The molecular formula is C6H10O6. The molecule has 12 heavy (non-hydrogen) atoms. The predicted molar refractivity (Wildman–Crippen MR) is 35.1 cm³/mol. The minimum Gasteiger partial charge on any atom is -0.479 e. The lowest BCUT2D eigenvalue weighted by Crippen LogP contribution is -2.51. The molecule has 0 aromatic heterocycles. The van der Waals surface area contributed by atoms with Gasteiger partial charge in [-0.05, 0) is 0 Å². The van der Waals surface area contributed by atoms with Crippen LogP contribution in [0, 0.1) is 0 Å². The first-order valence-corrected chi connectivity index (χ1v) is 3.45. The zero-order valence-corrected chi connectivity index (χ0v) is 6.12. The Morgan fingerprint density at radius 1 is 1.33 bits per heavy atom. The van der Waals surface area contributed by atoms with Crippen LogP contribution in [0.25, 0.3) is 0 Å². The van der Waals surface area contributed by atoms with Gasteiger partial charge in [-0.3, -0.25) is 0 Å². The number of rotatable bonds is 1. The lowest BCUT2D eigenvalue weighted by molar-refractivity contribution is -0.236. The van der Waals surface area contributed by atoms with E-state index in [0.717, 1.165) is 0 Å². The first-order valence-electron chi connectivity index (χ1n) is 3.45. The minimum absolute atomic E-state index is 0.176. The fraction of sp³-hybridized carbons (Fsp3) is 0.833. The van der Waals surface area contributed by atoms with Crippen molar-refractivity contribution in [2.24, 2.45) is 0 Å². The topological polar surface area (TPSA) is 107 Å². The maximum absolute atomic E-state index is 10.3. The molecule has 1 aliphatic heterocycles. The van der Waals surface area contributed by atoms with Crippen molar-refractivity contribution in [2.75, 3.05) is 0 Å². The molecule has 4 N–H and O–H groups in total. The van der Waals surface area contributed by atoms with Crippen molar-refractivity contribution in [1.82, 2.24) is 0 Å². The molecule has 70 valence electrons. The molecule has 1 heterocycles. The molecule has 6 heteroatoms. The second kappa shape index (κ2) is 3.36. The molecule has 1 rings (SSSR count). The Kier molecular flexibility index (Phi) is 2.63. The third kappa shape index (κ3) is 1.72. The number of aliphatic hydroxyl groups excluding tert-OH is 3. The van der Waals surface area contributed by atoms with Crippen LogP contribution in [0.15, 0.2) is 0 Å². The Balaban J connectivity index is 2.66. The third-order valence-corrected chi connectivity index (χ3v) is 1.69. The molecule has 0 saturated carbocycles. The standard InChI is InChI=1S/C6H10O6/c7-2-1-3(8)12-5(4(2)9)6(10)11/h2-5,7-9H,1H2,(H,10,11). The number of ether oxygens (including phenoxy) is 1. The van der Waals surface area contributed by atoms with Crippen molar-refractivity contribution in [3.05, 3.63) is 0 Å². The van der Waals surface area contributed by atoms with Crippen LogP contribution >= 0.6 is 0 Å².